The predicted molar refractivity (Wildman–Crippen MR) is 61.9 cm³/mol. The predicted octanol–water partition coefficient (Wildman–Crippen LogP) is 3.22. The number of benzene rings is 1. The van der Waals surface area contributed by atoms with Crippen molar-refractivity contribution in [3.8, 4) is 5.75 Å². The smallest absolute Gasteiger partial charge is 0.411 e. The Kier molecular flexibility index (Phi) is 5.61. The molecule has 0 fully saturated rings. The number of hydrogen-bond acceptors (Lipinski definition) is 3. The van der Waals surface area contributed by atoms with Crippen molar-refractivity contribution in [1.82, 2.24) is 0 Å². The van der Waals surface area contributed by atoms with Crippen molar-refractivity contribution in [3.63, 3.8) is 0 Å². The van der Waals surface area contributed by atoms with Crippen molar-refractivity contribution in [2.45, 2.75) is 6.18 Å². The summed E-state index contributed by atoms with van der Waals surface area (Å²) < 4.78 is 45.4. The van der Waals surface area contributed by atoms with E-state index in [1.54, 1.807) is 12.1 Å². The summed E-state index contributed by atoms with van der Waals surface area (Å²) in [6, 6.07) is 4.71. The van der Waals surface area contributed by atoms with Crippen LogP contribution in [0.15, 0.2) is 22.7 Å². The minimum absolute atomic E-state index is 0.0178. The number of carbonyl (C=O) groups excluding carboxylic acids is 1. The highest BCUT2D eigenvalue weighted by Crippen LogP contribution is 2.21. The molecule has 0 aliphatic carbocycles. The Bertz CT molecular complexity index is 407. The summed E-state index contributed by atoms with van der Waals surface area (Å²) in [6.45, 7) is -1.49. The van der Waals surface area contributed by atoms with Crippen molar-refractivity contribution >= 4 is 22.2 Å². The molecule has 0 spiro atoms. The van der Waals surface area contributed by atoms with Crippen LogP contribution in [0.2, 0.25) is 0 Å². The van der Waals surface area contributed by atoms with Crippen LogP contribution in [0, 0.1) is 0 Å². The number of aldehydes is 1. The zero-order valence-electron chi connectivity index (χ0n) is 9.17. The summed E-state index contributed by atoms with van der Waals surface area (Å²) in [6.07, 6.45) is -3.68. The molecule has 7 heteroatoms. The average Bonchev–Trinajstić information content (AvgIpc) is 2.29. The SMILES string of the molecule is O=Cc1cc(OCCOCC(F)(F)F)ccc1Br. The summed E-state index contributed by atoms with van der Waals surface area (Å²) in [5.74, 6) is 0.399. The van der Waals surface area contributed by atoms with E-state index in [4.69, 9.17) is 4.74 Å². The van der Waals surface area contributed by atoms with Crippen LogP contribution in [-0.2, 0) is 4.74 Å². The molecule has 0 heterocycles. The van der Waals surface area contributed by atoms with E-state index < -0.39 is 12.8 Å². The highest BCUT2D eigenvalue weighted by molar-refractivity contribution is 9.10. The molecule has 0 radical (unpaired) electrons. The van der Waals surface area contributed by atoms with Gasteiger partial charge in [0.2, 0.25) is 0 Å². The van der Waals surface area contributed by atoms with Gasteiger partial charge in [0.15, 0.2) is 6.29 Å². The van der Waals surface area contributed by atoms with Crippen LogP contribution in [-0.4, -0.2) is 32.3 Å². The Morgan fingerprint density at radius 1 is 1.28 bits per heavy atom. The fraction of sp³-hybridized carbons (Fsp3) is 0.364. The molecule has 1 rings (SSSR count). The van der Waals surface area contributed by atoms with Gasteiger partial charge in [-0.15, -0.1) is 0 Å². The fourth-order valence-corrected chi connectivity index (χ4v) is 1.45. The van der Waals surface area contributed by atoms with Gasteiger partial charge in [-0.25, -0.2) is 0 Å². The lowest BCUT2D eigenvalue weighted by Crippen LogP contribution is -2.19. The van der Waals surface area contributed by atoms with E-state index in [2.05, 4.69) is 20.7 Å². The highest BCUT2D eigenvalue weighted by Gasteiger charge is 2.27. The molecule has 100 valence electrons. The van der Waals surface area contributed by atoms with Crippen molar-refractivity contribution in [1.29, 1.82) is 0 Å². The third-order valence-electron chi connectivity index (χ3n) is 1.86. The first kappa shape index (κ1) is 15.0. The van der Waals surface area contributed by atoms with Gasteiger partial charge in [0.05, 0.1) is 6.61 Å². The molecule has 0 saturated heterocycles. The zero-order chi connectivity index (χ0) is 13.6. The maximum atomic E-state index is 11.7. The third kappa shape index (κ3) is 5.50. The van der Waals surface area contributed by atoms with E-state index in [0.29, 0.717) is 22.1 Å². The maximum absolute atomic E-state index is 11.7. The van der Waals surface area contributed by atoms with Crippen molar-refractivity contribution in [3.05, 3.63) is 28.2 Å². The van der Waals surface area contributed by atoms with Crippen LogP contribution in [0.5, 0.6) is 5.75 Å². The van der Waals surface area contributed by atoms with Crippen LogP contribution in [0.4, 0.5) is 13.2 Å². The topological polar surface area (TPSA) is 35.5 Å². The van der Waals surface area contributed by atoms with Gasteiger partial charge in [-0.1, -0.05) is 15.9 Å². The molecule has 0 aliphatic heterocycles. The molecule has 0 N–H and O–H groups in total. The molecule has 0 amide bonds. The first-order chi connectivity index (χ1) is 8.42. The number of hydrogen-bond donors (Lipinski definition) is 0. The van der Waals surface area contributed by atoms with Gasteiger partial charge in [-0.05, 0) is 18.2 Å². The van der Waals surface area contributed by atoms with Crippen molar-refractivity contribution in [2.75, 3.05) is 19.8 Å². The Hall–Kier alpha value is -1.08. The molecule has 0 aliphatic rings. The zero-order valence-corrected chi connectivity index (χ0v) is 10.8. The molecule has 1 aromatic rings. The molecular formula is C11H10BrF3O3. The molecule has 0 atom stereocenters. The second kappa shape index (κ2) is 6.75. The quantitative estimate of drug-likeness (QED) is 0.594. The number of alkyl halides is 3. The second-order valence-corrected chi connectivity index (χ2v) is 4.17. The van der Waals surface area contributed by atoms with Gasteiger partial charge in [0.1, 0.15) is 19.0 Å². The summed E-state index contributed by atoms with van der Waals surface area (Å²) >= 11 is 3.17. The normalized spacial score (nSPS) is 11.3. The van der Waals surface area contributed by atoms with E-state index >= 15 is 0 Å². The number of ether oxygens (including phenoxy) is 2. The van der Waals surface area contributed by atoms with E-state index in [1.807, 2.05) is 0 Å². The minimum Gasteiger partial charge on any atom is -0.491 e. The Morgan fingerprint density at radius 3 is 2.61 bits per heavy atom. The summed E-state index contributed by atoms with van der Waals surface area (Å²) in [5.41, 5.74) is 0.406. The van der Waals surface area contributed by atoms with Crippen LogP contribution in [0.25, 0.3) is 0 Å². The van der Waals surface area contributed by atoms with E-state index in [1.165, 1.54) is 6.07 Å². The lowest BCUT2D eigenvalue weighted by molar-refractivity contribution is -0.175. The highest BCUT2D eigenvalue weighted by atomic mass is 79.9. The third-order valence-corrected chi connectivity index (χ3v) is 2.58. The van der Waals surface area contributed by atoms with Crippen LogP contribution >= 0.6 is 15.9 Å². The average molecular weight is 327 g/mol. The molecule has 0 aromatic heterocycles. The van der Waals surface area contributed by atoms with Crippen molar-refractivity contribution in [2.24, 2.45) is 0 Å². The van der Waals surface area contributed by atoms with Crippen LogP contribution < -0.4 is 4.74 Å². The van der Waals surface area contributed by atoms with Gasteiger partial charge in [-0.2, -0.15) is 13.2 Å². The van der Waals surface area contributed by atoms with Gasteiger partial charge in [-0.3, -0.25) is 4.79 Å². The molecule has 0 unspecified atom stereocenters. The Morgan fingerprint density at radius 2 is 2.00 bits per heavy atom. The van der Waals surface area contributed by atoms with E-state index in [-0.39, 0.29) is 13.2 Å². The summed E-state index contributed by atoms with van der Waals surface area (Å²) in [5, 5.41) is 0. The number of halogens is 4. The summed E-state index contributed by atoms with van der Waals surface area (Å²) in [7, 11) is 0. The summed E-state index contributed by atoms with van der Waals surface area (Å²) in [4.78, 5) is 10.6. The van der Waals surface area contributed by atoms with E-state index in [0.717, 1.165) is 0 Å². The molecular weight excluding hydrogens is 317 g/mol. The Labute approximate surface area is 110 Å². The first-order valence-electron chi connectivity index (χ1n) is 4.94. The maximum Gasteiger partial charge on any atom is 0.411 e. The Balaban J connectivity index is 2.34. The van der Waals surface area contributed by atoms with Crippen LogP contribution in [0.3, 0.4) is 0 Å². The standard InChI is InChI=1S/C11H10BrF3O3/c12-10-2-1-9(5-8(10)6-16)18-4-3-17-7-11(13,14)15/h1-2,5-6H,3-4,7H2. The lowest BCUT2D eigenvalue weighted by atomic mass is 10.2. The monoisotopic (exact) mass is 326 g/mol. The van der Waals surface area contributed by atoms with E-state index in [9.17, 15) is 18.0 Å². The molecule has 1 aromatic carbocycles. The van der Waals surface area contributed by atoms with Gasteiger partial charge in [0.25, 0.3) is 0 Å². The lowest BCUT2D eigenvalue weighted by Gasteiger charge is -2.09. The van der Waals surface area contributed by atoms with Crippen LogP contribution in [0.1, 0.15) is 10.4 Å². The number of carbonyl (C=O) groups is 1. The van der Waals surface area contributed by atoms with Gasteiger partial charge in [0, 0.05) is 10.0 Å². The first-order valence-corrected chi connectivity index (χ1v) is 5.74. The molecule has 3 nitrogen and oxygen atoms in total. The van der Waals surface area contributed by atoms with Crippen molar-refractivity contribution < 1.29 is 27.4 Å². The fourth-order valence-electron chi connectivity index (χ4n) is 1.11. The molecule has 18 heavy (non-hydrogen) atoms. The number of rotatable bonds is 6. The van der Waals surface area contributed by atoms with Gasteiger partial charge >= 0.3 is 6.18 Å². The molecule has 0 saturated carbocycles. The largest absolute Gasteiger partial charge is 0.491 e. The molecule has 0 bridgehead atoms. The minimum atomic E-state index is -4.33. The second-order valence-electron chi connectivity index (χ2n) is 3.32. The van der Waals surface area contributed by atoms with Gasteiger partial charge < -0.3 is 9.47 Å².